The van der Waals surface area contributed by atoms with Crippen molar-refractivity contribution < 1.29 is 27.2 Å². The second-order valence-corrected chi connectivity index (χ2v) is 7.37. The number of halogens is 4. The van der Waals surface area contributed by atoms with Crippen molar-refractivity contribution in [1.82, 2.24) is 20.0 Å². The molecule has 0 saturated heterocycles. The zero-order valence-electron chi connectivity index (χ0n) is 16.7. The van der Waals surface area contributed by atoms with Crippen LogP contribution in [0.25, 0.3) is 0 Å². The van der Waals surface area contributed by atoms with Crippen molar-refractivity contribution in [2.45, 2.75) is 25.8 Å². The van der Waals surface area contributed by atoms with E-state index in [1.54, 1.807) is 6.07 Å². The summed E-state index contributed by atoms with van der Waals surface area (Å²) in [6, 6.07) is 11.8. The Kier molecular flexibility index (Phi) is 5.68. The van der Waals surface area contributed by atoms with Crippen molar-refractivity contribution in [3.63, 3.8) is 0 Å². The standard InChI is InChI=1S/C22H18F4N4O2/c23-17-3-1-2-15(10-17)12-27-20(31)18-11-19-21(32)29(8-9-30(19)28-18)13-14-4-6-16(7-5-14)22(24,25)26/h1-7,10-11H,8-9,12-13H2,(H,27,31). The van der Waals surface area contributed by atoms with Crippen molar-refractivity contribution in [3.05, 3.63) is 88.5 Å². The van der Waals surface area contributed by atoms with E-state index in [2.05, 4.69) is 10.4 Å². The Labute approximate surface area is 180 Å². The summed E-state index contributed by atoms with van der Waals surface area (Å²) in [6.45, 7) is 0.897. The lowest BCUT2D eigenvalue weighted by molar-refractivity contribution is -0.137. The van der Waals surface area contributed by atoms with Crippen LogP contribution in [-0.4, -0.2) is 33.0 Å². The number of alkyl halides is 3. The first kappa shape index (κ1) is 21.5. The number of amides is 2. The summed E-state index contributed by atoms with van der Waals surface area (Å²) in [5.74, 6) is -1.28. The third-order valence-corrected chi connectivity index (χ3v) is 5.10. The molecule has 6 nitrogen and oxygen atoms in total. The molecule has 10 heteroatoms. The predicted molar refractivity (Wildman–Crippen MR) is 106 cm³/mol. The highest BCUT2D eigenvalue weighted by Gasteiger charge is 2.31. The van der Waals surface area contributed by atoms with Crippen LogP contribution in [0.3, 0.4) is 0 Å². The van der Waals surface area contributed by atoms with E-state index >= 15 is 0 Å². The molecular formula is C22H18F4N4O2. The van der Waals surface area contributed by atoms with Crippen LogP contribution in [0.15, 0.2) is 54.6 Å². The lowest BCUT2D eigenvalue weighted by Crippen LogP contribution is -2.39. The SMILES string of the molecule is O=C(NCc1cccc(F)c1)c1cc2n(n1)CCN(Cc1ccc(C(F)(F)F)cc1)C2=O. The molecule has 2 aromatic carbocycles. The fraction of sp³-hybridized carbons (Fsp3) is 0.227. The van der Waals surface area contributed by atoms with E-state index in [4.69, 9.17) is 0 Å². The van der Waals surface area contributed by atoms with Gasteiger partial charge in [-0.3, -0.25) is 14.3 Å². The molecule has 0 atom stereocenters. The fourth-order valence-electron chi connectivity index (χ4n) is 3.44. The highest BCUT2D eigenvalue weighted by Crippen LogP contribution is 2.29. The molecule has 0 saturated carbocycles. The molecule has 0 fully saturated rings. The van der Waals surface area contributed by atoms with Gasteiger partial charge in [0.1, 0.15) is 11.5 Å². The van der Waals surface area contributed by atoms with Crippen LogP contribution < -0.4 is 5.32 Å². The van der Waals surface area contributed by atoms with Gasteiger partial charge < -0.3 is 10.2 Å². The maximum atomic E-state index is 13.3. The summed E-state index contributed by atoms with van der Waals surface area (Å²) in [6.07, 6.45) is -4.42. The molecule has 32 heavy (non-hydrogen) atoms. The van der Waals surface area contributed by atoms with Gasteiger partial charge in [0.2, 0.25) is 0 Å². The monoisotopic (exact) mass is 446 g/mol. The van der Waals surface area contributed by atoms with Gasteiger partial charge in [-0.2, -0.15) is 18.3 Å². The van der Waals surface area contributed by atoms with Gasteiger partial charge in [-0.1, -0.05) is 24.3 Å². The van der Waals surface area contributed by atoms with Gasteiger partial charge in [0.15, 0.2) is 5.69 Å². The van der Waals surface area contributed by atoms with E-state index in [1.807, 2.05) is 0 Å². The third kappa shape index (κ3) is 4.63. The second kappa shape index (κ2) is 8.45. The van der Waals surface area contributed by atoms with Crippen molar-refractivity contribution in [2.24, 2.45) is 0 Å². The molecule has 0 radical (unpaired) electrons. The molecular weight excluding hydrogens is 428 g/mol. The number of rotatable bonds is 5. The largest absolute Gasteiger partial charge is 0.416 e. The Bertz CT molecular complexity index is 1160. The molecule has 0 bridgehead atoms. The Morgan fingerprint density at radius 2 is 1.78 bits per heavy atom. The topological polar surface area (TPSA) is 67.2 Å². The molecule has 166 valence electrons. The van der Waals surface area contributed by atoms with Crippen molar-refractivity contribution in [2.75, 3.05) is 6.54 Å². The summed E-state index contributed by atoms with van der Waals surface area (Å²) in [4.78, 5) is 26.7. The molecule has 0 aliphatic carbocycles. The maximum absolute atomic E-state index is 13.3. The van der Waals surface area contributed by atoms with E-state index in [0.717, 1.165) is 12.1 Å². The zero-order valence-corrected chi connectivity index (χ0v) is 16.7. The summed E-state index contributed by atoms with van der Waals surface area (Å²) >= 11 is 0. The minimum Gasteiger partial charge on any atom is -0.347 e. The smallest absolute Gasteiger partial charge is 0.347 e. The number of nitrogens with zero attached hydrogens (tertiary/aromatic N) is 3. The molecule has 1 aliphatic heterocycles. The van der Waals surface area contributed by atoms with Crippen LogP contribution in [-0.2, 0) is 25.8 Å². The van der Waals surface area contributed by atoms with E-state index in [-0.39, 0.29) is 30.4 Å². The zero-order chi connectivity index (χ0) is 22.9. The first-order valence-electron chi connectivity index (χ1n) is 9.76. The summed E-state index contributed by atoms with van der Waals surface area (Å²) < 4.78 is 52.8. The number of carbonyl (C=O) groups excluding carboxylic acids is 2. The highest BCUT2D eigenvalue weighted by molar-refractivity contribution is 5.98. The first-order valence-corrected chi connectivity index (χ1v) is 9.76. The average Bonchev–Trinajstić information content (AvgIpc) is 3.19. The van der Waals surface area contributed by atoms with Gasteiger partial charge in [0.05, 0.1) is 12.1 Å². The van der Waals surface area contributed by atoms with Crippen LogP contribution >= 0.6 is 0 Å². The van der Waals surface area contributed by atoms with Crippen molar-refractivity contribution >= 4 is 11.8 Å². The molecule has 0 spiro atoms. The van der Waals surface area contributed by atoms with Gasteiger partial charge in [-0.05, 0) is 35.4 Å². The number of hydrogen-bond acceptors (Lipinski definition) is 3. The van der Waals surface area contributed by atoms with Crippen LogP contribution in [0.4, 0.5) is 17.6 Å². The normalized spacial score (nSPS) is 13.8. The summed E-state index contributed by atoms with van der Waals surface area (Å²) in [5.41, 5.74) is 0.673. The van der Waals surface area contributed by atoms with Crippen LogP contribution in [0, 0.1) is 5.82 Å². The van der Waals surface area contributed by atoms with E-state index in [0.29, 0.717) is 24.2 Å². The Balaban J connectivity index is 1.42. The third-order valence-electron chi connectivity index (χ3n) is 5.10. The van der Waals surface area contributed by atoms with Gasteiger partial charge in [-0.15, -0.1) is 0 Å². The molecule has 1 N–H and O–H groups in total. The van der Waals surface area contributed by atoms with Crippen LogP contribution in [0.2, 0.25) is 0 Å². The Morgan fingerprint density at radius 3 is 2.47 bits per heavy atom. The van der Waals surface area contributed by atoms with E-state index in [9.17, 15) is 27.2 Å². The average molecular weight is 446 g/mol. The minimum absolute atomic E-state index is 0.0566. The number of nitrogens with one attached hydrogen (secondary N) is 1. The number of benzene rings is 2. The fourth-order valence-corrected chi connectivity index (χ4v) is 3.44. The summed E-state index contributed by atoms with van der Waals surface area (Å²) in [7, 11) is 0. The molecule has 2 amide bonds. The number of carbonyl (C=O) groups is 2. The second-order valence-electron chi connectivity index (χ2n) is 7.37. The predicted octanol–water partition coefficient (Wildman–Crippen LogP) is 3.63. The molecule has 4 rings (SSSR count). The lowest BCUT2D eigenvalue weighted by Gasteiger charge is -2.27. The highest BCUT2D eigenvalue weighted by atomic mass is 19.4. The molecule has 1 aromatic heterocycles. The lowest BCUT2D eigenvalue weighted by atomic mass is 10.1. The molecule has 3 aromatic rings. The summed E-state index contributed by atoms with van der Waals surface area (Å²) in [5, 5.41) is 6.81. The van der Waals surface area contributed by atoms with Gasteiger partial charge in [0, 0.05) is 25.7 Å². The van der Waals surface area contributed by atoms with Crippen molar-refractivity contribution in [1.29, 1.82) is 0 Å². The van der Waals surface area contributed by atoms with Gasteiger partial charge >= 0.3 is 6.18 Å². The molecule has 0 unspecified atom stereocenters. The quantitative estimate of drug-likeness (QED) is 0.609. The Morgan fingerprint density at radius 1 is 1.03 bits per heavy atom. The number of hydrogen-bond donors (Lipinski definition) is 1. The number of aromatic nitrogens is 2. The number of fused-ring (bicyclic) bond motifs is 1. The minimum atomic E-state index is -4.42. The van der Waals surface area contributed by atoms with Crippen LogP contribution in [0.5, 0.6) is 0 Å². The Hall–Kier alpha value is -3.69. The molecule has 1 aliphatic rings. The van der Waals surface area contributed by atoms with Crippen LogP contribution in [0.1, 0.15) is 37.7 Å². The maximum Gasteiger partial charge on any atom is 0.416 e. The van der Waals surface area contributed by atoms with E-state index < -0.39 is 23.5 Å². The van der Waals surface area contributed by atoms with Crippen molar-refractivity contribution in [3.8, 4) is 0 Å². The van der Waals surface area contributed by atoms with Gasteiger partial charge in [-0.25, -0.2) is 4.39 Å². The molecule has 2 heterocycles. The first-order chi connectivity index (χ1) is 15.2. The van der Waals surface area contributed by atoms with Gasteiger partial charge in [0.25, 0.3) is 11.8 Å². The van der Waals surface area contributed by atoms with E-state index in [1.165, 1.54) is 46.0 Å².